The highest BCUT2D eigenvalue weighted by molar-refractivity contribution is 5.99. The molecule has 1 rings (SSSR count). The summed E-state index contributed by atoms with van der Waals surface area (Å²) in [6.07, 6.45) is 11.8. The monoisotopic (exact) mass is 350 g/mol. The molecule has 5 nitrogen and oxygen atoms in total. The minimum Gasteiger partial charge on any atom is -0.481 e. The summed E-state index contributed by atoms with van der Waals surface area (Å²) < 4.78 is 0. The summed E-state index contributed by atoms with van der Waals surface area (Å²) in [4.78, 5) is 22.4. The highest BCUT2D eigenvalue weighted by Crippen LogP contribution is 2.27. The van der Waals surface area contributed by atoms with E-state index in [-0.39, 0.29) is 18.3 Å². The van der Waals surface area contributed by atoms with Crippen LogP contribution in [0.4, 0.5) is 0 Å². The first-order chi connectivity index (χ1) is 11.9. The zero-order valence-electron chi connectivity index (χ0n) is 15.0. The summed E-state index contributed by atoms with van der Waals surface area (Å²) in [7, 11) is 0. The molecule has 0 aliphatic heterocycles. The van der Waals surface area contributed by atoms with Crippen LogP contribution in [0.1, 0.15) is 64.7 Å². The Morgan fingerprint density at radius 2 is 1.92 bits per heavy atom. The second-order valence-electron chi connectivity index (χ2n) is 6.59. The molecule has 0 aromatic rings. The van der Waals surface area contributed by atoms with Crippen LogP contribution >= 0.6 is 0 Å². The van der Waals surface area contributed by atoms with E-state index in [9.17, 15) is 19.8 Å². The summed E-state index contributed by atoms with van der Waals surface area (Å²) >= 11 is 0. The van der Waals surface area contributed by atoms with Gasteiger partial charge in [-0.05, 0) is 57.4 Å². The Morgan fingerprint density at radius 1 is 1.16 bits per heavy atom. The van der Waals surface area contributed by atoms with E-state index in [1.807, 2.05) is 18.2 Å². The number of hydrogen-bond acceptors (Lipinski definition) is 4. The SMILES string of the molecule is C[C@H](O)CCC[C@@H](O)/C=C/C1=C(C/C=C/CCCC(=O)O)C(=O)CC1. The van der Waals surface area contributed by atoms with Crippen LogP contribution in [0.15, 0.2) is 35.5 Å². The van der Waals surface area contributed by atoms with Crippen LogP contribution in [-0.4, -0.2) is 39.3 Å². The highest BCUT2D eigenvalue weighted by Gasteiger charge is 2.20. The molecular formula is C20H30O5. The van der Waals surface area contributed by atoms with Crippen molar-refractivity contribution in [1.82, 2.24) is 0 Å². The molecule has 0 bridgehead atoms. The maximum Gasteiger partial charge on any atom is 0.303 e. The van der Waals surface area contributed by atoms with Crippen molar-refractivity contribution in [1.29, 1.82) is 0 Å². The maximum atomic E-state index is 12.0. The molecule has 5 heteroatoms. The molecule has 0 saturated carbocycles. The summed E-state index contributed by atoms with van der Waals surface area (Å²) in [6.45, 7) is 1.73. The second kappa shape index (κ2) is 11.8. The largest absolute Gasteiger partial charge is 0.481 e. The number of unbranched alkanes of at least 4 members (excludes halogenated alkanes) is 1. The number of allylic oxidation sites excluding steroid dienone is 5. The Bertz CT molecular complexity index is 528. The van der Waals surface area contributed by atoms with Gasteiger partial charge in [0.05, 0.1) is 12.2 Å². The molecule has 140 valence electrons. The number of aliphatic hydroxyl groups excluding tert-OH is 2. The summed E-state index contributed by atoms with van der Waals surface area (Å²) in [5.74, 6) is -0.639. The molecule has 0 radical (unpaired) electrons. The van der Waals surface area contributed by atoms with Gasteiger partial charge in [0.25, 0.3) is 0 Å². The number of carbonyl (C=O) groups is 2. The first-order valence-corrected chi connectivity index (χ1v) is 9.06. The van der Waals surface area contributed by atoms with Crippen molar-refractivity contribution in [2.24, 2.45) is 0 Å². The second-order valence-corrected chi connectivity index (χ2v) is 6.59. The number of carboxylic acids is 1. The average molecular weight is 350 g/mol. The lowest BCUT2D eigenvalue weighted by atomic mass is 10.0. The van der Waals surface area contributed by atoms with Gasteiger partial charge in [-0.2, -0.15) is 0 Å². The normalized spacial score (nSPS) is 17.8. The average Bonchev–Trinajstić information content (AvgIpc) is 2.88. The van der Waals surface area contributed by atoms with E-state index in [4.69, 9.17) is 5.11 Å². The predicted octanol–water partition coefficient (Wildman–Crippen LogP) is 3.32. The van der Waals surface area contributed by atoms with E-state index in [0.29, 0.717) is 44.9 Å². The van der Waals surface area contributed by atoms with Gasteiger partial charge in [-0.1, -0.05) is 24.3 Å². The minimum absolute atomic E-state index is 0.151. The third kappa shape index (κ3) is 9.37. The number of aliphatic carboxylic acids is 1. The van der Waals surface area contributed by atoms with Crippen molar-refractivity contribution in [3.8, 4) is 0 Å². The molecule has 25 heavy (non-hydrogen) atoms. The zero-order chi connectivity index (χ0) is 18.7. The molecule has 1 aliphatic rings. The molecule has 0 amide bonds. The molecule has 1 aliphatic carbocycles. The van der Waals surface area contributed by atoms with Gasteiger partial charge < -0.3 is 15.3 Å². The Balaban J connectivity index is 2.48. The number of rotatable bonds is 12. The van der Waals surface area contributed by atoms with Gasteiger partial charge in [-0.3, -0.25) is 9.59 Å². The smallest absolute Gasteiger partial charge is 0.303 e. The standard InChI is InChI=1S/C20H30O5/c1-15(21)7-6-8-17(22)13-11-16-12-14-19(23)18(16)9-4-2-3-5-10-20(24)25/h2,4,11,13,15,17,21-22H,3,5-10,12,14H2,1H3,(H,24,25)/b4-2+,13-11+/t15-,17+/m0/s1. The van der Waals surface area contributed by atoms with Crippen LogP contribution in [0.2, 0.25) is 0 Å². The molecule has 0 unspecified atom stereocenters. The van der Waals surface area contributed by atoms with Crippen LogP contribution in [0, 0.1) is 0 Å². The van der Waals surface area contributed by atoms with Gasteiger partial charge in [0.15, 0.2) is 5.78 Å². The lowest BCUT2D eigenvalue weighted by molar-refractivity contribution is -0.137. The van der Waals surface area contributed by atoms with E-state index < -0.39 is 12.1 Å². The van der Waals surface area contributed by atoms with Gasteiger partial charge in [0, 0.05) is 18.4 Å². The Morgan fingerprint density at radius 3 is 2.60 bits per heavy atom. The van der Waals surface area contributed by atoms with E-state index in [2.05, 4.69) is 0 Å². The fourth-order valence-corrected chi connectivity index (χ4v) is 2.79. The van der Waals surface area contributed by atoms with E-state index >= 15 is 0 Å². The number of Topliss-reactive ketones (excluding diaryl/α,β-unsaturated/α-hetero) is 1. The van der Waals surface area contributed by atoms with Crippen LogP contribution in [0.3, 0.4) is 0 Å². The number of ketones is 1. The number of hydrogen-bond donors (Lipinski definition) is 3. The van der Waals surface area contributed by atoms with Crippen molar-refractivity contribution in [3.05, 3.63) is 35.5 Å². The molecule has 0 spiro atoms. The molecule has 0 saturated heterocycles. The third-order valence-corrected chi connectivity index (χ3v) is 4.24. The van der Waals surface area contributed by atoms with Crippen molar-refractivity contribution >= 4 is 11.8 Å². The molecule has 0 aromatic carbocycles. The van der Waals surface area contributed by atoms with Crippen molar-refractivity contribution < 1.29 is 24.9 Å². The Kier molecular flexibility index (Phi) is 10.0. The number of carboxylic acid groups (broad SMARTS) is 1. The van der Waals surface area contributed by atoms with E-state index in [1.54, 1.807) is 13.0 Å². The quantitative estimate of drug-likeness (QED) is 0.371. The van der Waals surface area contributed by atoms with E-state index in [1.165, 1.54) is 0 Å². The molecule has 0 aromatic heterocycles. The van der Waals surface area contributed by atoms with Gasteiger partial charge >= 0.3 is 5.97 Å². The Hall–Kier alpha value is -1.72. The number of carbonyl (C=O) groups excluding carboxylic acids is 1. The van der Waals surface area contributed by atoms with Gasteiger partial charge in [0.1, 0.15) is 0 Å². The summed E-state index contributed by atoms with van der Waals surface area (Å²) in [5, 5.41) is 27.8. The zero-order valence-corrected chi connectivity index (χ0v) is 15.0. The summed E-state index contributed by atoms with van der Waals surface area (Å²) in [5.41, 5.74) is 1.77. The van der Waals surface area contributed by atoms with Crippen molar-refractivity contribution in [2.75, 3.05) is 0 Å². The van der Waals surface area contributed by atoms with Gasteiger partial charge in [-0.15, -0.1) is 0 Å². The molecular weight excluding hydrogens is 320 g/mol. The van der Waals surface area contributed by atoms with Crippen LogP contribution < -0.4 is 0 Å². The van der Waals surface area contributed by atoms with Crippen LogP contribution in [0.25, 0.3) is 0 Å². The molecule has 3 N–H and O–H groups in total. The van der Waals surface area contributed by atoms with Gasteiger partial charge in [-0.25, -0.2) is 0 Å². The maximum absolute atomic E-state index is 12.0. The minimum atomic E-state index is -0.790. The van der Waals surface area contributed by atoms with E-state index in [0.717, 1.165) is 17.6 Å². The third-order valence-electron chi connectivity index (χ3n) is 4.24. The highest BCUT2D eigenvalue weighted by atomic mass is 16.4. The molecule has 2 atom stereocenters. The van der Waals surface area contributed by atoms with Crippen molar-refractivity contribution in [2.45, 2.75) is 76.9 Å². The molecule has 0 fully saturated rings. The summed E-state index contributed by atoms with van der Waals surface area (Å²) in [6, 6.07) is 0. The van der Waals surface area contributed by atoms with Crippen LogP contribution in [0.5, 0.6) is 0 Å². The molecule has 0 heterocycles. The fraction of sp³-hybridized carbons (Fsp3) is 0.600. The number of aliphatic hydroxyl groups is 2. The lowest BCUT2D eigenvalue weighted by Crippen LogP contribution is -2.05. The lowest BCUT2D eigenvalue weighted by Gasteiger charge is -2.07. The topological polar surface area (TPSA) is 94.8 Å². The first-order valence-electron chi connectivity index (χ1n) is 9.06. The predicted molar refractivity (Wildman–Crippen MR) is 97.2 cm³/mol. The first kappa shape index (κ1) is 21.3. The van der Waals surface area contributed by atoms with Crippen molar-refractivity contribution in [3.63, 3.8) is 0 Å². The fourth-order valence-electron chi connectivity index (χ4n) is 2.79. The Labute approximate surface area is 149 Å². The van der Waals surface area contributed by atoms with Crippen LogP contribution in [-0.2, 0) is 9.59 Å². The van der Waals surface area contributed by atoms with Gasteiger partial charge in [0.2, 0.25) is 0 Å².